The molecule has 2 aliphatic rings. The van der Waals surface area contributed by atoms with Crippen molar-refractivity contribution in [2.24, 2.45) is 5.73 Å². The minimum absolute atomic E-state index is 0.0990. The van der Waals surface area contributed by atoms with Crippen molar-refractivity contribution in [1.82, 2.24) is 0 Å². The molecular weight excluding hydrogens is 234 g/mol. The van der Waals surface area contributed by atoms with Crippen LogP contribution in [0.15, 0.2) is 24.3 Å². The first-order valence-electron chi connectivity index (χ1n) is 7.58. The van der Waals surface area contributed by atoms with Crippen LogP contribution in [0.2, 0.25) is 0 Å². The second kappa shape index (κ2) is 4.92. The van der Waals surface area contributed by atoms with E-state index in [0.29, 0.717) is 0 Å². The zero-order chi connectivity index (χ0) is 13.3. The maximum atomic E-state index is 6.76. The van der Waals surface area contributed by atoms with Crippen molar-refractivity contribution in [3.8, 4) is 0 Å². The minimum atomic E-state index is -0.0990. The molecule has 2 aliphatic carbocycles. The van der Waals surface area contributed by atoms with Crippen LogP contribution >= 0.6 is 0 Å². The average molecular weight is 259 g/mol. The fraction of sp³-hybridized carbons (Fsp3) is 0.647. The van der Waals surface area contributed by atoms with Gasteiger partial charge < -0.3 is 10.5 Å². The zero-order valence-corrected chi connectivity index (χ0v) is 12.0. The second-order valence-electron chi connectivity index (χ2n) is 6.48. The number of methoxy groups -OCH3 is 1. The molecule has 0 aliphatic heterocycles. The summed E-state index contributed by atoms with van der Waals surface area (Å²) >= 11 is 0. The Kier molecular flexibility index (Phi) is 3.40. The van der Waals surface area contributed by atoms with E-state index in [2.05, 4.69) is 24.3 Å². The molecule has 1 aromatic rings. The van der Waals surface area contributed by atoms with Gasteiger partial charge in [-0.1, -0.05) is 43.5 Å². The molecule has 0 radical (unpaired) electrons. The molecule has 2 heteroatoms. The Morgan fingerprint density at radius 3 is 2.21 bits per heavy atom. The van der Waals surface area contributed by atoms with Gasteiger partial charge in [0.15, 0.2) is 0 Å². The van der Waals surface area contributed by atoms with Gasteiger partial charge >= 0.3 is 0 Å². The Morgan fingerprint density at radius 1 is 1.00 bits per heavy atom. The van der Waals surface area contributed by atoms with Crippen LogP contribution in [0.5, 0.6) is 0 Å². The fourth-order valence-electron chi connectivity index (χ4n) is 3.75. The first-order valence-corrected chi connectivity index (χ1v) is 7.58. The molecule has 1 aromatic carbocycles. The predicted molar refractivity (Wildman–Crippen MR) is 78.2 cm³/mol. The van der Waals surface area contributed by atoms with Crippen LogP contribution in [0.4, 0.5) is 0 Å². The van der Waals surface area contributed by atoms with E-state index >= 15 is 0 Å². The van der Waals surface area contributed by atoms with E-state index < -0.39 is 0 Å². The molecule has 0 amide bonds. The van der Waals surface area contributed by atoms with E-state index in [1.807, 2.05) is 7.11 Å². The molecule has 0 saturated heterocycles. The van der Waals surface area contributed by atoms with Gasteiger partial charge in [-0.3, -0.25) is 0 Å². The van der Waals surface area contributed by atoms with Gasteiger partial charge in [0, 0.05) is 18.1 Å². The predicted octanol–water partition coefficient (Wildman–Crippen LogP) is 3.48. The largest absolute Gasteiger partial charge is 0.384 e. The van der Waals surface area contributed by atoms with Gasteiger partial charge in [-0.25, -0.2) is 0 Å². The summed E-state index contributed by atoms with van der Waals surface area (Å²) in [6, 6.07) is 8.84. The zero-order valence-electron chi connectivity index (χ0n) is 12.0. The quantitative estimate of drug-likeness (QED) is 0.898. The van der Waals surface area contributed by atoms with Crippen LogP contribution in [0.3, 0.4) is 0 Å². The molecule has 0 bridgehead atoms. The summed E-state index contributed by atoms with van der Waals surface area (Å²) in [5.74, 6) is 0. The summed E-state index contributed by atoms with van der Waals surface area (Å²) in [7, 11) is 1.81. The third kappa shape index (κ3) is 2.32. The van der Waals surface area contributed by atoms with E-state index in [1.165, 1.54) is 43.2 Å². The van der Waals surface area contributed by atoms with E-state index in [0.717, 1.165) is 19.4 Å². The van der Waals surface area contributed by atoms with Crippen molar-refractivity contribution in [1.29, 1.82) is 0 Å². The second-order valence-corrected chi connectivity index (χ2v) is 6.48. The molecule has 2 nitrogen and oxygen atoms in total. The van der Waals surface area contributed by atoms with E-state index in [-0.39, 0.29) is 11.0 Å². The van der Waals surface area contributed by atoms with Crippen LogP contribution in [0, 0.1) is 0 Å². The third-order valence-corrected chi connectivity index (χ3v) is 5.05. The molecule has 0 aromatic heterocycles. The molecule has 0 heterocycles. The van der Waals surface area contributed by atoms with Crippen molar-refractivity contribution in [2.75, 3.05) is 13.7 Å². The molecule has 2 saturated carbocycles. The Labute approximate surface area is 116 Å². The summed E-state index contributed by atoms with van der Waals surface area (Å²) in [5, 5.41) is 0. The lowest BCUT2D eigenvalue weighted by molar-refractivity contribution is 0.169. The topological polar surface area (TPSA) is 35.2 Å². The number of hydrogen-bond acceptors (Lipinski definition) is 2. The highest BCUT2D eigenvalue weighted by molar-refractivity contribution is 5.43. The standard InChI is InChI=1S/C17H25NO/c1-19-13-16(11-12-16)14-7-3-4-8-15(14)17(18)9-5-2-6-10-17/h3-4,7-8H,2,5-6,9-13,18H2,1H3. The first kappa shape index (κ1) is 13.1. The SMILES string of the molecule is COCC1(c2ccccc2C2(N)CCCCC2)CC1. The number of rotatable bonds is 4. The molecule has 19 heavy (non-hydrogen) atoms. The molecule has 0 spiro atoms. The molecule has 0 atom stereocenters. The molecule has 3 rings (SSSR count). The van der Waals surface area contributed by atoms with Gasteiger partial charge in [0.1, 0.15) is 0 Å². The summed E-state index contributed by atoms with van der Waals surface area (Å²) < 4.78 is 5.46. The number of hydrogen-bond donors (Lipinski definition) is 1. The van der Waals surface area contributed by atoms with Crippen LogP contribution in [-0.4, -0.2) is 13.7 Å². The highest BCUT2D eigenvalue weighted by Gasteiger charge is 2.47. The van der Waals surface area contributed by atoms with Crippen molar-refractivity contribution < 1.29 is 4.74 Å². The van der Waals surface area contributed by atoms with Gasteiger partial charge in [-0.15, -0.1) is 0 Å². The van der Waals surface area contributed by atoms with Gasteiger partial charge in [-0.2, -0.15) is 0 Å². The fourth-order valence-corrected chi connectivity index (χ4v) is 3.75. The van der Waals surface area contributed by atoms with Crippen LogP contribution in [-0.2, 0) is 15.7 Å². The number of benzene rings is 1. The smallest absolute Gasteiger partial charge is 0.0559 e. The summed E-state index contributed by atoms with van der Waals surface area (Å²) in [5.41, 5.74) is 9.77. The molecular formula is C17H25NO. The van der Waals surface area contributed by atoms with E-state index in [4.69, 9.17) is 10.5 Å². The lowest BCUT2D eigenvalue weighted by atomic mass is 9.73. The maximum absolute atomic E-state index is 6.76. The normalized spacial score (nSPS) is 24.1. The Balaban J connectivity index is 1.98. The molecule has 104 valence electrons. The van der Waals surface area contributed by atoms with Crippen molar-refractivity contribution in [3.05, 3.63) is 35.4 Å². The van der Waals surface area contributed by atoms with Crippen LogP contribution < -0.4 is 5.73 Å². The highest BCUT2D eigenvalue weighted by atomic mass is 16.5. The number of ether oxygens (including phenoxy) is 1. The van der Waals surface area contributed by atoms with Gasteiger partial charge in [0.25, 0.3) is 0 Å². The highest BCUT2D eigenvalue weighted by Crippen LogP contribution is 2.52. The average Bonchev–Trinajstić information content (AvgIpc) is 3.21. The van der Waals surface area contributed by atoms with Crippen LogP contribution in [0.1, 0.15) is 56.1 Å². The molecule has 0 unspecified atom stereocenters. The van der Waals surface area contributed by atoms with Crippen molar-refractivity contribution in [3.63, 3.8) is 0 Å². The van der Waals surface area contributed by atoms with Crippen molar-refractivity contribution >= 4 is 0 Å². The number of nitrogens with two attached hydrogens (primary N) is 1. The van der Waals surface area contributed by atoms with E-state index in [9.17, 15) is 0 Å². The molecule has 2 N–H and O–H groups in total. The lowest BCUT2D eigenvalue weighted by Gasteiger charge is -2.37. The first-order chi connectivity index (χ1) is 9.20. The summed E-state index contributed by atoms with van der Waals surface area (Å²) in [6.07, 6.45) is 8.62. The molecule has 2 fully saturated rings. The third-order valence-electron chi connectivity index (χ3n) is 5.05. The van der Waals surface area contributed by atoms with Gasteiger partial charge in [0.2, 0.25) is 0 Å². The minimum Gasteiger partial charge on any atom is -0.384 e. The Bertz CT molecular complexity index is 444. The summed E-state index contributed by atoms with van der Waals surface area (Å²) in [4.78, 5) is 0. The van der Waals surface area contributed by atoms with E-state index in [1.54, 1.807) is 0 Å². The maximum Gasteiger partial charge on any atom is 0.0559 e. The Hall–Kier alpha value is -0.860. The van der Waals surface area contributed by atoms with Gasteiger partial charge in [-0.05, 0) is 36.8 Å². The van der Waals surface area contributed by atoms with Gasteiger partial charge in [0.05, 0.1) is 6.61 Å². The Morgan fingerprint density at radius 2 is 1.63 bits per heavy atom. The lowest BCUT2D eigenvalue weighted by Crippen LogP contribution is -2.40. The van der Waals surface area contributed by atoms with Crippen molar-refractivity contribution in [2.45, 2.75) is 55.9 Å². The monoisotopic (exact) mass is 259 g/mol. The summed E-state index contributed by atoms with van der Waals surface area (Å²) in [6.45, 7) is 0.833. The van der Waals surface area contributed by atoms with Crippen LogP contribution in [0.25, 0.3) is 0 Å².